The first-order valence-electron chi connectivity index (χ1n) is 9.81. The van der Waals surface area contributed by atoms with Gasteiger partial charge in [0.25, 0.3) is 0 Å². The van der Waals surface area contributed by atoms with Crippen molar-refractivity contribution in [3.8, 4) is 0 Å². The number of sulfone groups is 1. The molecule has 1 aromatic carbocycles. The molecule has 7 heteroatoms. The van der Waals surface area contributed by atoms with E-state index < -0.39 is 9.84 Å². The molecule has 5 nitrogen and oxygen atoms in total. The van der Waals surface area contributed by atoms with Gasteiger partial charge < -0.3 is 10.2 Å². The molecule has 0 aromatic heterocycles. The van der Waals surface area contributed by atoms with Crippen LogP contribution in [0, 0.1) is 12.8 Å². The van der Waals surface area contributed by atoms with Gasteiger partial charge in [-0.05, 0) is 44.1 Å². The molecule has 1 saturated carbocycles. The smallest absolute Gasteiger partial charge is 0.194 e. The minimum atomic E-state index is -2.83. The topological polar surface area (TPSA) is 61.8 Å². The third-order valence-electron chi connectivity index (χ3n) is 5.74. The maximum absolute atomic E-state index is 11.7. The van der Waals surface area contributed by atoms with Gasteiger partial charge in [0.15, 0.2) is 15.8 Å². The molecule has 0 spiro atoms. The molecule has 150 valence electrons. The molecular weight excluding hydrogens is 473 g/mol. The van der Waals surface area contributed by atoms with E-state index in [2.05, 4.69) is 41.4 Å². The third kappa shape index (κ3) is 5.59. The summed E-state index contributed by atoms with van der Waals surface area (Å²) < 4.78 is 23.4. The zero-order valence-corrected chi connectivity index (χ0v) is 19.1. The molecular formula is C20H30IN3O2S. The average molecular weight is 503 g/mol. The summed E-state index contributed by atoms with van der Waals surface area (Å²) in [6.07, 6.45) is 4.33. The van der Waals surface area contributed by atoms with Crippen LogP contribution in [0.5, 0.6) is 0 Å². The molecule has 2 heterocycles. The Morgan fingerprint density at radius 2 is 2.07 bits per heavy atom. The highest BCUT2D eigenvalue weighted by Gasteiger charge is 2.31. The third-order valence-corrected chi connectivity index (χ3v) is 7.57. The molecule has 0 bridgehead atoms. The lowest BCUT2D eigenvalue weighted by Gasteiger charge is -2.23. The largest absolute Gasteiger partial charge is 0.354 e. The number of likely N-dealkylation sites (tertiary alicyclic amines) is 1. The fourth-order valence-electron chi connectivity index (χ4n) is 4.03. The Bertz CT molecular complexity index is 792. The van der Waals surface area contributed by atoms with Crippen molar-refractivity contribution >= 4 is 39.8 Å². The molecule has 0 radical (unpaired) electrons. The maximum Gasteiger partial charge on any atom is 0.194 e. The van der Waals surface area contributed by atoms with E-state index in [9.17, 15) is 8.42 Å². The first-order chi connectivity index (χ1) is 12.5. The SMILES string of the molecule is Cc1cccc(C2CCN(C(=NCC3CCS(=O)(=O)C3)NC3CC3)C2)c1.I. The maximum atomic E-state index is 11.7. The Morgan fingerprint density at radius 3 is 2.74 bits per heavy atom. The van der Waals surface area contributed by atoms with Gasteiger partial charge in [-0.1, -0.05) is 29.8 Å². The summed E-state index contributed by atoms with van der Waals surface area (Å²) in [4.78, 5) is 7.22. The van der Waals surface area contributed by atoms with Crippen molar-refractivity contribution in [1.82, 2.24) is 10.2 Å². The standard InChI is InChI=1S/C20H29N3O2S.HI/c1-15-3-2-4-17(11-15)18-7-9-23(13-18)20(22-19-5-6-19)21-12-16-8-10-26(24,25)14-16;/h2-4,11,16,18-19H,5-10,12-14H2,1H3,(H,21,22);1H. The molecule has 4 rings (SSSR count). The van der Waals surface area contributed by atoms with Crippen LogP contribution in [0.25, 0.3) is 0 Å². The highest BCUT2D eigenvalue weighted by molar-refractivity contribution is 14.0. The lowest BCUT2D eigenvalue weighted by atomic mass is 9.97. The van der Waals surface area contributed by atoms with Crippen molar-refractivity contribution in [2.75, 3.05) is 31.1 Å². The summed E-state index contributed by atoms with van der Waals surface area (Å²) in [7, 11) is -2.83. The molecule has 0 amide bonds. The Hall–Kier alpha value is -0.830. The predicted molar refractivity (Wildman–Crippen MR) is 121 cm³/mol. The van der Waals surface area contributed by atoms with E-state index in [1.807, 2.05) is 0 Å². The van der Waals surface area contributed by atoms with Crippen molar-refractivity contribution in [1.29, 1.82) is 0 Å². The number of halogens is 1. The number of hydrogen-bond acceptors (Lipinski definition) is 3. The molecule has 2 unspecified atom stereocenters. The van der Waals surface area contributed by atoms with Crippen LogP contribution in [0.4, 0.5) is 0 Å². The molecule has 1 N–H and O–H groups in total. The molecule has 3 aliphatic rings. The van der Waals surface area contributed by atoms with E-state index in [0.717, 1.165) is 31.9 Å². The number of aryl methyl sites for hydroxylation is 1. The number of hydrogen-bond donors (Lipinski definition) is 1. The van der Waals surface area contributed by atoms with Crippen LogP contribution >= 0.6 is 24.0 Å². The van der Waals surface area contributed by atoms with Gasteiger partial charge in [0.05, 0.1) is 11.5 Å². The van der Waals surface area contributed by atoms with Gasteiger partial charge in [-0.2, -0.15) is 0 Å². The van der Waals surface area contributed by atoms with E-state index in [1.165, 1.54) is 24.0 Å². The minimum absolute atomic E-state index is 0. The van der Waals surface area contributed by atoms with Gasteiger partial charge in [-0.25, -0.2) is 8.42 Å². The van der Waals surface area contributed by atoms with Crippen LogP contribution in [-0.4, -0.2) is 56.5 Å². The summed E-state index contributed by atoms with van der Waals surface area (Å²) in [6.45, 7) is 4.78. The lowest BCUT2D eigenvalue weighted by molar-refractivity contribution is 0.478. The Kier molecular flexibility index (Phi) is 6.71. The number of nitrogens with zero attached hydrogens (tertiary/aromatic N) is 2. The average Bonchev–Trinajstić information content (AvgIpc) is 3.15. The van der Waals surface area contributed by atoms with Crippen LogP contribution in [-0.2, 0) is 9.84 Å². The first kappa shape index (κ1) is 20.9. The van der Waals surface area contributed by atoms with Gasteiger partial charge >= 0.3 is 0 Å². The number of guanidine groups is 1. The van der Waals surface area contributed by atoms with Crippen LogP contribution in [0.3, 0.4) is 0 Å². The zero-order chi connectivity index (χ0) is 18.1. The van der Waals surface area contributed by atoms with Crippen molar-refractivity contribution in [2.45, 2.75) is 44.6 Å². The highest BCUT2D eigenvalue weighted by atomic mass is 127. The van der Waals surface area contributed by atoms with Crippen molar-refractivity contribution < 1.29 is 8.42 Å². The van der Waals surface area contributed by atoms with Crippen molar-refractivity contribution in [3.63, 3.8) is 0 Å². The summed E-state index contributed by atoms with van der Waals surface area (Å²) in [5.74, 6) is 2.36. The van der Waals surface area contributed by atoms with Crippen LogP contribution in [0.2, 0.25) is 0 Å². The molecule has 2 aliphatic heterocycles. The molecule has 1 aliphatic carbocycles. The Labute approximate surface area is 179 Å². The van der Waals surface area contributed by atoms with Crippen molar-refractivity contribution in [2.24, 2.45) is 10.9 Å². The van der Waals surface area contributed by atoms with Crippen LogP contribution in [0.15, 0.2) is 29.3 Å². The van der Waals surface area contributed by atoms with E-state index in [-0.39, 0.29) is 29.9 Å². The molecule has 3 fully saturated rings. The second-order valence-electron chi connectivity index (χ2n) is 8.20. The second kappa shape index (κ2) is 8.68. The normalized spacial score (nSPS) is 27.4. The number of benzene rings is 1. The van der Waals surface area contributed by atoms with Gasteiger partial charge in [0.2, 0.25) is 0 Å². The van der Waals surface area contributed by atoms with Gasteiger partial charge in [-0.3, -0.25) is 4.99 Å². The van der Waals surface area contributed by atoms with E-state index in [1.54, 1.807) is 0 Å². The number of rotatable bonds is 4. The first-order valence-corrected chi connectivity index (χ1v) is 11.6. The van der Waals surface area contributed by atoms with Gasteiger partial charge in [0, 0.05) is 31.6 Å². The fourth-order valence-corrected chi connectivity index (χ4v) is 5.88. The summed E-state index contributed by atoms with van der Waals surface area (Å²) in [5.41, 5.74) is 2.73. The number of nitrogens with one attached hydrogen (secondary N) is 1. The monoisotopic (exact) mass is 503 g/mol. The summed E-state index contributed by atoms with van der Waals surface area (Å²) in [5, 5.41) is 3.59. The Balaban J connectivity index is 0.00000210. The zero-order valence-electron chi connectivity index (χ0n) is 15.9. The van der Waals surface area contributed by atoms with E-state index >= 15 is 0 Å². The summed E-state index contributed by atoms with van der Waals surface area (Å²) >= 11 is 0. The minimum Gasteiger partial charge on any atom is -0.354 e. The molecule has 2 saturated heterocycles. The lowest BCUT2D eigenvalue weighted by Crippen LogP contribution is -2.41. The quantitative estimate of drug-likeness (QED) is 0.390. The fraction of sp³-hybridized carbons (Fsp3) is 0.650. The van der Waals surface area contributed by atoms with Crippen molar-refractivity contribution in [3.05, 3.63) is 35.4 Å². The molecule has 2 atom stereocenters. The van der Waals surface area contributed by atoms with Gasteiger partial charge in [0.1, 0.15) is 0 Å². The summed E-state index contributed by atoms with van der Waals surface area (Å²) in [6, 6.07) is 9.37. The predicted octanol–water partition coefficient (Wildman–Crippen LogP) is 2.95. The van der Waals surface area contributed by atoms with E-state index in [0.29, 0.717) is 30.0 Å². The second-order valence-corrected chi connectivity index (χ2v) is 10.4. The number of aliphatic imine (C=N–C) groups is 1. The molecule has 1 aromatic rings. The van der Waals surface area contributed by atoms with E-state index in [4.69, 9.17) is 4.99 Å². The Morgan fingerprint density at radius 1 is 1.26 bits per heavy atom. The van der Waals surface area contributed by atoms with Gasteiger partial charge in [-0.15, -0.1) is 24.0 Å². The molecule has 27 heavy (non-hydrogen) atoms. The van der Waals surface area contributed by atoms with Crippen LogP contribution < -0.4 is 5.32 Å². The van der Waals surface area contributed by atoms with Crippen LogP contribution in [0.1, 0.15) is 42.7 Å². The highest BCUT2D eigenvalue weighted by Crippen LogP contribution is 2.29.